The molecule has 6 rings (SSSR count). The van der Waals surface area contributed by atoms with Gasteiger partial charge in [0, 0.05) is 48.2 Å². The Kier molecular flexibility index (Phi) is 5.24. The summed E-state index contributed by atoms with van der Waals surface area (Å²) in [7, 11) is 0. The van der Waals surface area contributed by atoms with Gasteiger partial charge in [-0.25, -0.2) is 0 Å². The average molecular weight is 433 g/mol. The normalized spacial score (nSPS) is 35.0. The van der Waals surface area contributed by atoms with Gasteiger partial charge in [0.05, 0.1) is 5.56 Å². The van der Waals surface area contributed by atoms with Gasteiger partial charge in [-0.2, -0.15) is 0 Å². The lowest BCUT2D eigenvalue weighted by atomic mass is 9.68. The van der Waals surface area contributed by atoms with Crippen LogP contribution in [0.25, 0.3) is 10.9 Å². The Bertz CT molecular complexity index is 1010. The molecule has 2 aliphatic carbocycles. The molecule has 4 nitrogen and oxygen atoms in total. The second kappa shape index (κ2) is 8.13. The molecule has 4 heteroatoms. The number of benzene rings is 1. The number of nitrogens with zero attached hydrogens (tertiary/aromatic N) is 2. The van der Waals surface area contributed by atoms with Crippen molar-refractivity contribution in [3.63, 3.8) is 0 Å². The van der Waals surface area contributed by atoms with Gasteiger partial charge in [-0.05, 0) is 62.8 Å². The van der Waals surface area contributed by atoms with Crippen LogP contribution < -0.4 is 0 Å². The Morgan fingerprint density at radius 3 is 2.12 bits per heavy atom. The van der Waals surface area contributed by atoms with Crippen LogP contribution in [-0.2, 0) is 4.79 Å². The van der Waals surface area contributed by atoms with Crippen molar-refractivity contribution in [2.24, 2.45) is 11.8 Å². The number of para-hydroxylation sites is 1. The van der Waals surface area contributed by atoms with E-state index in [0.717, 1.165) is 28.8 Å². The maximum absolute atomic E-state index is 12.6. The molecule has 1 aromatic heterocycles. The van der Waals surface area contributed by atoms with E-state index >= 15 is 0 Å². The Morgan fingerprint density at radius 1 is 0.781 bits per heavy atom. The van der Waals surface area contributed by atoms with E-state index in [-0.39, 0.29) is 11.6 Å². The van der Waals surface area contributed by atoms with E-state index < -0.39 is 0 Å². The third-order valence-electron chi connectivity index (χ3n) is 9.23. The predicted octanol–water partition coefficient (Wildman–Crippen LogP) is 5.94. The van der Waals surface area contributed by atoms with Gasteiger partial charge in [0.1, 0.15) is 0 Å². The van der Waals surface area contributed by atoms with E-state index in [1.165, 1.54) is 77.6 Å². The molecule has 1 aromatic carbocycles. The summed E-state index contributed by atoms with van der Waals surface area (Å²) in [6.07, 6.45) is 17.1. The van der Waals surface area contributed by atoms with Crippen LogP contribution in [0.5, 0.6) is 0 Å². The predicted molar refractivity (Wildman–Crippen MR) is 127 cm³/mol. The minimum absolute atomic E-state index is 0.355. The molecule has 4 aliphatic rings. The van der Waals surface area contributed by atoms with Gasteiger partial charge in [-0.15, -0.1) is 0 Å². The molecule has 6 atom stereocenters. The van der Waals surface area contributed by atoms with Crippen LogP contribution in [0.15, 0.2) is 30.5 Å². The summed E-state index contributed by atoms with van der Waals surface area (Å²) < 4.78 is 2.35. The maximum atomic E-state index is 12.6. The number of hydrogen-bond acceptors (Lipinski definition) is 3. The molecule has 2 aliphatic heterocycles. The minimum Gasteiger partial charge on any atom is -0.344 e. The van der Waals surface area contributed by atoms with Crippen molar-refractivity contribution in [1.82, 2.24) is 9.47 Å². The van der Waals surface area contributed by atoms with Crippen molar-refractivity contribution >= 4 is 22.5 Å². The fraction of sp³-hybridized carbons (Fsp3) is 0.643. The second-order valence-electron chi connectivity index (χ2n) is 11.2. The largest absolute Gasteiger partial charge is 0.344 e. The Morgan fingerprint density at radius 2 is 1.44 bits per heavy atom. The zero-order valence-corrected chi connectivity index (χ0v) is 19.3. The Labute approximate surface area is 191 Å². The fourth-order valence-corrected chi connectivity index (χ4v) is 8.03. The smallest absolute Gasteiger partial charge is 0.230 e. The zero-order valence-electron chi connectivity index (χ0n) is 19.3. The molecule has 170 valence electrons. The van der Waals surface area contributed by atoms with E-state index in [0.29, 0.717) is 23.7 Å². The highest BCUT2D eigenvalue weighted by atomic mass is 16.2. The van der Waals surface area contributed by atoms with Crippen LogP contribution in [0.2, 0.25) is 0 Å². The first-order valence-electron chi connectivity index (χ1n) is 13.0. The summed E-state index contributed by atoms with van der Waals surface area (Å²) in [5, 5.41) is 0.931. The Balaban J connectivity index is 1.30. The molecule has 32 heavy (non-hydrogen) atoms. The van der Waals surface area contributed by atoms with Crippen LogP contribution in [0.3, 0.4) is 0 Å². The first-order chi connectivity index (χ1) is 15.6. The van der Waals surface area contributed by atoms with Crippen LogP contribution >= 0.6 is 0 Å². The molecular formula is C28H36N2O2. The van der Waals surface area contributed by atoms with Gasteiger partial charge in [0.25, 0.3) is 0 Å². The Hall–Kier alpha value is -1.94. The topological polar surface area (TPSA) is 42.3 Å². The van der Waals surface area contributed by atoms with E-state index in [4.69, 9.17) is 0 Å². The number of carbonyl (C=O) groups is 2. The number of fused-ring (bicyclic) bond motifs is 5. The molecule has 0 radical (unpaired) electrons. The van der Waals surface area contributed by atoms with E-state index in [1.807, 2.05) is 18.3 Å². The number of hydrogen-bond donors (Lipinski definition) is 0. The lowest BCUT2D eigenvalue weighted by molar-refractivity contribution is -0.113. The van der Waals surface area contributed by atoms with Crippen LogP contribution in [-0.4, -0.2) is 39.2 Å². The highest BCUT2D eigenvalue weighted by molar-refractivity contribution is 6.45. The van der Waals surface area contributed by atoms with Gasteiger partial charge in [0.2, 0.25) is 5.78 Å². The number of carbonyl (C=O) groups excluding carboxylic acids is 2. The molecule has 0 spiro atoms. The summed E-state index contributed by atoms with van der Waals surface area (Å²) in [5.74, 6) is 1.22. The average Bonchev–Trinajstić information content (AvgIpc) is 3.17. The summed E-state index contributed by atoms with van der Waals surface area (Å²) in [5.41, 5.74) is 1.70. The highest BCUT2D eigenvalue weighted by Gasteiger charge is 2.45. The monoisotopic (exact) mass is 432 g/mol. The number of piperidine rings is 2. The lowest BCUT2D eigenvalue weighted by Gasteiger charge is -2.55. The van der Waals surface area contributed by atoms with Crippen molar-refractivity contribution in [2.45, 2.75) is 102 Å². The van der Waals surface area contributed by atoms with Gasteiger partial charge < -0.3 is 4.57 Å². The standard InChI is InChI=1S/C28H36N2O2/c1-18(31)28(32)26-17-29(27-11-3-2-10-25(26)27)23-15-21-8-5-9-22(16-23)30(21)24-13-19-6-4-7-20(12-19)14-24/h2-3,10-11,17,19-24H,4-9,12-16H2,1H3/t19-,20+,21-,22+,23?,24?. The van der Waals surface area contributed by atoms with E-state index in [1.54, 1.807) is 0 Å². The second-order valence-corrected chi connectivity index (χ2v) is 11.2. The first-order valence-corrected chi connectivity index (χ1v) is 13.0. The summed E-state index contributed by atoms with van der Waals surface area (Å²) in [4.78, 5) is 27.5. The third-order valence-corrected chi connectivity index (χ3v) is 9.23. The molecule has 4 bridgehead atoms. The number of Topliss-reactive ketones (excluding diaryl/α,β-unsaturated/α-hetero) is 2. The molecule has 3 heterocycles. The van der Waals surface area contributed by atoms with Gasteiger partial charge in [-0.1, -0.05) is 43.9 Å². The van der Waals surface area contributed by atoms with E-state index in [9.17, 15) is 9.59 Å². The quantitative estimate of drug-likeness (QED) is 0.443. The zero-order chi connectivity index (χ0) is 21.8. The molecule has 2 aromatic rings. The molecule has 2 saturated heterocycles. The SMILES string of the molecule is CC(=O)C(=O)c1cn(C2C[C@H]3CCC[C@@H](C2)N3C2C[C@H]3CCC[C@@H](C2)C3)c2ccccc12. The summed E-state index contributed by atoms with van der Waals surface area (Å²) in [6, 6.07) is 10.7. The maximum Gasteiger partial charge on any atom is 0.230 e. The molecular weight excluding hydrogens is 396 g/mol. The van der Waals surface area contributed by atoms with Crippen molar-refractivity contribution in [3.8, 4) is 0 Å². The number of rotatable bonds is 4. The van der Waals surface area contributed by atoms with Gasteiger partial charge >= 0.3 is 0 Å². The molecule has 2 unspecified atom stereocenters. The van der Waals surface area contributed by atoms with Gasteiger partial charge in [0.15, 0.2) is 5.78 Å². The van der Waals surface area contributed by atoms with Crippen LogP contribution in [0.4, 0.5) is 0 Å². The van der Waals surface area contributed by atoms with Crippen molar-refractivity contribution in [1.29, 1.82) is 0 Å². The van der Waals surface area contributed by atoms with E-state index in [2.05, 4.69) is 21.6 Å². The highest BCUT2D eigenvalue weighted by Crippen LogP contribution is 2.48. The molecule has 0 N–H and O–H groups in total. The fourth-order valence-electron chi connectivity index (χ4n) is 8.03. The number of ketones is 2. The lowest BCUT2D eigenvalue weighted by Crippen LogP contribution is -2.58. The van der Waals surface area contributed by atoms with Crippen molar-refractivity contribution < 1.29 is 9.59 Å². The first kappa shape index (κ1) is 20.7. The molecule has 0 amide bonds. The summed E-state index contributed by atoms with van der Waals surface area (Å²) in [6.45, 7) is 1.39. The van der Waals surface area contributed by atoms with Gasteiger partial charge in [-0.3, -0.25) is 14.5 Å². The number of aromatic nitrogens is 1. The third kappa shape index (κ3) is 3.46. The summed E-state index contributed by atoms with van der Waals surface area (Å²) >= 11 is 0. The van der Waals surface area contributed by atoms with Crippen LogP contribution in [0, 0.1) is 11.8 Å². The minimum atomic E-state index is -0.373. The van der Waals surface area contributed by atoms with Crippen molar-refractivity contribution in [3.05, 3.63) is 36.0 Å². The molecule has 4 fully saturated rings. The van der Waals surface area contributed by atoms with Crippen molar-refractivity contribution in [2.75, 3.05) is 0 Å². The van der Waals surface area contributed by atoms with Crippen LogP contribution in [0.1, 0.15) is 94.0 Å². The molecule has 2 saturated carbocycles.